The van der Waals surface area contributed by atoms with E-state index in [-0.39, 0.29) is 6.42 Å². The van der Waals surface area contributed by atoms with Crippen LogP contribution in [0.3, 0.4) is 0 Å². The van der Waals surface area contributed by atoms with E-state index in [1.54, 1.807) is 10.7 Å². The molecule has 2 aromatic rings. The summed E-state index contributed by atoms with van der Waals surface area (Å²) in [6, 6.07) is 2.27. The molecule has 2 saturated heterocycles. The Morgan fingerprint density at radius 2 is 2.15 bits per heavy atom. The van der Waals surface area contributed by atoms with E-state index in [2.05, 4.69) is 24.9 Å². The van der Waals surface area contributed by atoms with Crippen molar-refractivity contribution in [3.63, 3.8) is 0 Å². The van der Waals surface area contributed by atoms with Crippen LogP contribution in [0.1, 0.15) is 25.1 Å². The third kappa shape index (κ3) is 4.42. The molecule has 0 radical (unpaired) electrons. The summed E-state index contributed by atoms with van der Waals surface area (Å²) in [4.78, 5) is 24.7. The molecule has 9 nitrogen and oxygen atoms in total. The van der Waals surface area contributed by atoms with Crippen molar-refractivity contribution < 1.29 is 14.6 Å². The molecule has 0 aromatic carbocycles. The second kappa shape index (κ2) is 8.28. The first kappa shape index (κ1) is 18.3. The molecule has 0 saturated carbocycles. The number of carbonyl (C=O) groups is 1. The minimum absolute atomic E-state index is 0.218. The molecule has 1 N–H and O–H groups in total. The van der Waals surface area contributed by atoms with E-state index in [1.807, 2.05) is 12.3 Å². The van der Waals surface area contributed by atoms with Gasteiger partial charge < -0.3 is 9.84 Å². The number of piperidine rings is 1. The van der Waals surface area contributed by atoms with E-state index in [0.717, 1.165) is 51.6 Å². The maximum absolute atomic E-state index is 11.1. The number of hydrogen-bond donors (Lipinski definition) is 1. The van der Waals surface area contributed by atoms with Gasteiger partial charge in [-0.15, -0.1) is 5.10 Å². The first-order valence-electron chi connectivity index (χ1n) is 9.61. The molecule has 0 bridgehead atoms. The van der Waals surface area contributed by atoms with Gasteiger partial charge in [-0.1, -0.05) is 0 Å². The fourth-order valence-electron chi connectivity index (χ4n) is 4.26. The van der Waals surface area contributed by atoms with E-state index in [4.69, 9.17) is 9.84 Å². The Bertz CT molecular complexity index is 742. The number of carboxylic acids is 1. The van der Waals surface area contributed by atoms with Gasteiger partial charge in [-0.25, -0.2) is 9.50 Å². The van der Waals surface area contributed by atoms with Crippen LogP contribution in [0.4, 0.5) is 0 Å². The van der Waals surface area contributed by atoms with Crippen molar-refractivity contribution in [2.45, 2.75) is 31.8 Å². The maximum Gasteiger partial charge on any atom is 0.303 e. The lowest BCUT2D eigenvalue weighted by Crippen LogP contribution is -2.53. The molecule has 9 heteroatoms. The highest BCUT2D eigenvalue weighted by Gasteiger charge is 2.34. The maximum atomic E-state index is 11.1. The zero-order valence-corrected chi connectivity index (χ0v) is 15.4. The number of aromatic nitrogens is 4. The molecule has 146 valence electrons. The van der Waals surface area contributed by atoms with E-state index >= 15 is 0 Å². The van der Waals surface area contributed by atoms with Crippen LogP contribution in [0.5, 0.6) is 0 Å². The van der Waals surface area contributed by atoms with Gasteiger partial charge in [-0.05, 0) is 24.8 Å². The average molecular weight is 374 g/mol. The van der Waals surface area contributed by atoms with Crippen molar-refractivity contribution >= 4 is 11.7 Å². The largest absolute Gasteiger partial charge is 0.481 e. The standard InChI is InChI=1S/C18H26N6O3/c25-17(26)3-2-14-12-22(7-4-15(14)23-8-10-27-11-9-23)13-16-20-18-19-5-1-6-24(18)21-16/h1,5-6,14-15H,2-4,7-13H2,(H,25,26). The quantitative estimate of drug-likeness (QED) is 0.781. The molecule has 0 aliphatic carbocycles. The highest BCUT2D eigenvalue weighted by atomic mass is 16.5. The van der Waals surface area contributed by atoms with Gasteiger partial charge in [0.25, 0.3) is 5.78 Å². The van der Waals surface area contributed by atoms with Crippen LogP contribution >= 0.6 is 0 Å². The van der Waals surface area contributed by atoms with Gasteiger partial charge >= 0.3 is 5.97 Å². The number of hydrogen-bond acceptors (Lipinski definition) is 7. The van der Waals surface area contributed by atoms with Crippen LogP contribution in [-0.2, 0) is 16.1 Å². The molecule has 2 fully saturated rings. The second-order valence-corrected chi connectivity index (χ2v) is 7.32. The predicted molar refractivity (Wildman–Crippen MR) is 97.2 cm³/mol. The number of morpholine rings is 1. The number of aliphatic carboxylic acids is 1. The third-order valence-corrected chi connectivity index (χ3v) is 5.55. The molecule has 2 unspecified atom stereocenters. The number of likely N-dealkylation sites (tertiary alicyclic amines) is 1. The van der Waals surface area contributed by atoms with Crippen molar-refractivity contribution in [1.29, 1.82) is 0 Å². The highest BCUT2D eigenvalue weighted by molar-refractivity contribution is 5.66. The summed E-state index contributed by atoms with van der Waals surface area (Å²) in [5, 5.41) is 13.6. The Balaban J connectivity index is 1.43. The van der Waals surface area contributed by atoms with Crippen LogP contribution in [-0.4, -0.2) is 85.9 Å². The summed E-state index contributed by atoms with van der Waals surface area (Å²) < 4.78 is 7.17. The number of nitrogens with zero attached hydrogens (tertiary/aromatic N) is 6. The minimum atomic E-state index is -0.721. The van der Waals surface area contributed by atoms with E-state index in [1.165, 1.54) is 0 Å². The zero-order chi connectivity index (χ0) is 18.6. The lowest BCUT2D eigenvalue weighted by atomic mass is 9.86. The van der Waals surface area contributed by atoms with Crippen molar-refractivity contribution in [2.75, 3.05) is 39.4 Å². The Kier molecular flexibility index (Phi) is 5.61. The molecule has 4 rings (SSSR count). The lowest BCUT2D eigenvalue weighted by Gasteiger charge is -2.45. The van der Waals surface area contributed by atoms with Crippen LogP contribution in [0.15, 0.2) is 18.5 Å². The molecule has 0 spiro atoms. The summed E-state index contributed by atoms with van der Waals surface area (Å²) >= 11 is 0. The van der Waals surface area contributed by atoms with Gasteiger partial charge in [0.15, 0.2) is 5.82 Å². The van der Waals surface area contributed by atoms with Crippen molar-refractivity contribution in [3.8, 4) is 0 Å². The number of fused-ring (bicyclic) bond motifs is 1. The Labute approximate surface area is 157 Å². The monoisotopic (exact) mass is 374 g/mol. The Morgan fingerprint density at radius 3 is 2.93 bits per heavy atom. The number of carboxylic acid groups (broad SMARTS) is 1. The predicted octanol–water partition coefficient (Wildman–Crippen LogP) is 0.512. The molecule has 2 aromatic heterocycles. The fourth-order valence-corrected chi connectivity index (χ4v) is 4.26. The van der Waals surface area contributed by atoms with Gasteiger partial charge in [0, 0.05) is 51.0 Å². The van der Waals surface area contributed by atoms with Crippen LogP contribution in [0, 0.1) is 5.92 Å². The van der Waals surface area contributed by atoms with Crippen LogP contribution in [0.2, 0.25) is 0 Å². The van der Waals surface area contributed by atoms with E-state index in [0.29, 0.717) is 30.7 Å². The fraction of sp³-hybridized carbons (Fsp3) is 0.667. The Hall–Kier alpha value is -2.10. The molecule has 2 aliphatic rings. The zero-order valence-electron chi connectivity index (χ0n) is 15.4. The van der Waals surface area contributed by atoms with Gasteiger partial charge in [0.1, 0.15) is 0 Å². The highest BCUT2D eigenvalue weighted by Crippen LogP contribution is 2.27. The van der Waals surface area contributed by atoms with Gasteiger partial charge in [0.2, 0.25) is 0 Å². The van der Waals surface area contributed by atoms with Gasteiger partial charge in [-0.3, -0.25) is 14.6 Å². The van der Waals surface area contributed by atoms with Gasteiger partial charge in [-0.2, -0.15) is 4.98 Å². The first-order chi connectivity index (χ1) is 13.2. The van der Waals surface area contributed by atoms with E-state index in [9.17, 15) is 4.79 Å². The molecular weight excluding hydrogens is 348 g/mol. The van der Waals surface area contributed by atoms with Gasteiger partial charge in [0.05, 0.1) is 19.8 Å². The smallest absolute Gasteiger partial charge is 0.303 e. The molecule has 2 aliphatic heterocycles. The number of rotatable bonds is 6. The van der Waals surface area contributed by atoms with Crippen LogP contribution < -0.4 is 0 Å². The second-order valence-electron chi connectivity index (χ2n) is 7.32. The summed E-state index contributed by atoms with van der Waals surface area (Å²) in [7, 11) is 0. The third-order valence-electron chi connectivity index (χ3n) is 5.55. The van der Waals surface area contributed by atoms with Crippen LogP contribution in [0.25, 0.3) is 5.78 Å². The van der Waals surface area contributed by atoms with E-state index < -0.39 is 5.97 Å². The molecule has 0 amide bonds. The normalized spacial score (nSPS) is 25.0. The SMILES string of the molecule is O=C(O)CCC1CN(Cc2nc3ncccn3n2)CCC1N1CCOCC1. The van der Waals surface area contributed by atoms with Crippen molar-refractivity contribution in [3.05, 3.63) is 24.3 Å². The lowest BCUT2D eigenvalue weighted by molar-refractivity contribution is -0.137. The average Bonchev–Trinajstić information content (AvgIpc) is 3.09. The summed E-state index contributed by atoms with van der Waals surface area (Å²) in [6.45, 7) is 5.92. The number of ether oxygens (including phenoxy) is 1. The topological polar surface area (TPSA) is 96.1 Å². The first-order valence-corrected chi connectivity index (χ1v) is 9.61. The molecule has 2 atom stereocenters. The molecule has 4 heterocycles. The summed E-state index contributed by atoms with van der Waals surface area (Å²) in [6.07, 6.45) is 5.52. The summed E-state index contributed by atoms with van der Waals surface area (Å²) in [5.41, 5.74) is 0. The van der Waals surface area contributed by atoms with Crippen molar-refractivity contribution in [2.24, 2.45) is 5.92 Å². The molecular formula is C18H26N6O3. The minimum Gasteiger partial charge on any atom is -0.481 e. The summed E-state index contributed by atoms with van der Waals surface area (Å²) in [5.74, 6) is 0.984. The van der Waals surface area contributed by atoms with Crippen molar-refractivity contribution in [1.82, 2.24) is 29.4 Å². The Morgan fingerprint density at radius 1 is 1.30 bits per heavy atom. The molecule has 27 heavy (non-hydrogen) atoms.